The van der Waals surface area contributed by atoms with Gasteiger partial charge >= 0.3 is 0 Å². The molecule has 1 aliphatic carbocycles. The van der Waals surface area contributed by atoms with E-state index in [4.69, 9.17) is 0 Å². The van der Waals surface area contributed by atoms with Gasteiger partial charge in [0.2, 0.25) is 0 Å². The lowest BCUT2D eigenvalue weighted by Gasteiger charge is -2.51. The summed E-state index contributed by atoms with van der Waals surface area (Å²) in [5.74, 6) is 0.620. The smallest absolute Gasteiger partial charge is 0.255 e. The van der Waals surface area contributed by atoms with Gasteiger partial charge in [0.05, 0.1) is 18.5 Å². The van der Waals surface area contributed by atoms with Gasteiger partial charge in [-0.25, -0.2) is 9.37 Å². The maximum Gasteiger partial charge on any atom is 0.255 e. The lowest BCUT2D eigenvalue weighted by molar-refractivity contribution is -0.139. The molecule has 4 rings (SSSR count). The van der Waals surface area contributed by atoms with Gasteiger partial charge in [-0.15, -0.1) is 0 Å². The SMILES string of the molecule is CN1CCC(O)(Cn2cnc(N3CCC(F)CC3)cc2=O)C2(CCCC2)C1. The molecule has 3 heterocycles. The van der Waals surface area contributed by atoms with Crippen LogP contribution in [0, 0.1) is 5.41 Å². The van der Waals surface area contributed by atoms with E-state index in [0.717, 1.165) is 38.8 Å². The molecule has 1 saturated carbocycles. The van der Waals surface area contributed by atoms with E-state index >= 15 is 0 Å². The Morgan fingerprint density at radius 2 is 1.93 bits per heavy atom. The molecule has 0 aromatic carbocycles. The molecule has 0 amide bonds. The van der Waals surface area contributed by atoms with E-state index in [-0.39, 0.29) is 11.0 Å². The average molecular weight is 378 g/mol. The third kappa shape index (κ3) is 3.51. The number of aromatic nitrogens is 2. The van der Waals surface area contributed by atoms with Gasteiger partial charge in [-0.1, -0.05) is 12.8 Å². The number of piperidine rings is 2. The molecular weight excluding hydrogens is 347 g/mol. The molecule has 1 aromatic rings. The van der Waals surface area contributed by atoms with Crippen LogP contribution in [0.4, 0.5) is 10.2 Å². The monoisotopic (exact) mass is 378 g/mol. The molecule has 0 radical (unpaired) electrons. The van der Waals surface area contributed by atoms with Gasteiger partial charge in [-0.3, -0.25) is 9.36 Å². The predicted molar refractivity (Wildman–Crippen MR) is 103 cm³/mol. The Kier molecular flexibility index (Phi) is 5.01. The second-order valence-corrected chi connectivity index (χ2v) is 8.88. The normalized spacial score (nSPS) is 29.5. The number of likely N-dealkylation sites (tertiary alicyclic amines) is 1. The molecule has 2 saturated heterocycles. The number of aliphatic hydroxyl groups is 1. The van der Waals surface area contributed by atoms with E-state index in [1.807, 2.05) is 4.90 Å². The molecule has 0 bridgehead atoms. The maximum absolute atomic E-state index is 13.3. The van der Waals surface area contributed by atoms with Crippen LogP contribution in [-0.4, -0.2) is 64.6 Å². The number of nitrogens with zero attached hydrogens (tertiary/aromatic N) is 4. The molecule has 3 aliphatic rings. The number of hydrogen-bond donors (Lipinski definition) is 1. The Balaban J connectivity index is 1.54. The minimum absolute atomic E-state index is 0.124. The van der Waals surface area contributed by atoms with E-state index in [1.165, 1.54) is 6.07 Å². The standard InChI is InChI=1S/C20H31FN4O2/c1-23-11-8-20(27,19(13-23)6-2-3-7-19)14-25-15-22-17(12-18(25)26)24-9-4-16(21)5-10-24/h12,15-16,27H,2-11,13-14H2,1H3. The summed E-state index contributed by atoms with van der Waals surface area (Å²) in [5.41, 5.74) is -1.13. The molecule has 3 fully saturated rings. The molecule has 27 heavy (non-hydrogen) atoms. The summed E-state index contributed by atoms with van der Waals surface area (Å²) in [6.45, 7) is 3.23. The van der Waals surface area contributed by atoms with Crippen molar-refractivity contribution in [3.63, 3.8) is 0 Å². The second kappa shape index (κ2) is 7.17. The van der Waals surface area contributed by atoms with Gasteiger partial charge in [-0.2, -0.15) is 0 Å². The Labute approximate surface area is 160 Å². The van der Waals surface area contributed by atoms with Crippen LogP contribution in [0.2, 0.25) is 0 Å². The van der Waals surface area contributed by atoms with Crippen LogP contribution in [0.5, 0.6) is 0 Å². The molecular formula is C20H31FN4O2. The van der Waals surface area contributed by atoms with Gasteiger partial charge in [0.15, 0.2) is 0 Å². The van der Waals surface area contributed by atoms with Crippen molar-refractivity contribution in [2.45, 2.75) is 63.3 Å². The summed E-state index contributed by atoms with van der Waals surface area (Å²) in [7, 11) is 2.11. The molecule has 150 valence electrons. The van der Waals surface area contributed by atoms with Crippen molar-refractivity contribution in [2.24, 2.45) is 5.41 Å². The van der Waals surface area contributed by atoms with Gasteiger partial charge in [0.25, 0.3) is 5.56 Å². The topological polar surface area (TPSA) is 61.6 Å². The zero-order valence-electron chi connectivity index (χ0n) is 16.2. The number of rotatable bonds is 3. The molecule has 1 N–H and O–H groups in total. The van der Waals surface area contributed by atoms with Gasteiger partial charge in [-0.05, 0) is 39.2 Å². The summed E-state index contributed by atoms with van der Waals surface area (Å²) in [6.07, 6.45) is 6.81. The molecule has 1 spiro atoms. The predicted octanol–water partition coefficient (Wildman–Crippen LogP) is 1.81. The van der Waals surface area contributed by atoms with Crippen molar-refractivity contribution in [2.75, 3.05) is 38.1 Å². The van der Waals surface area contributed by atoms with Crippen LogP contribution in [0.25, 0.3) is 0 Å². The zero-order chi connectivity index (χ0) is 19.1. The first-order chi connectivity index (χ1) is 12.9. The Morgan fingerprint density at radius 3 is 2.59 bits per heavy atom. The Morgan fingerprint density at radius 1 is 1.22 bits per heavy atom. The van der Waals surface area contributed by atoms with E-state index in [0.29, 0.717) is 44.7 Å². The molecule has 2 aliphatic heterocycles. The van der Waals surface area contributed by atoms with E-state index in [9.17, 15) is 14.3 Å². The van der Waals surface area contributed by atoms with Crippen LogP contribution in [0.3, 0.4) is 0 Å². The second-order valence-electron chi connectivity index (χ2n) is 8.88. The van der Waals surface area contributed by atoms with E-state index in [1.54, 1.807) is 10.9 Å². The summed E-state index contributed by atoms with van der Waals surface area (Å²) < 4.78 is 14.9. The first kappa shape index (κ1) is 18.9. The van der Waals surface area contributed by atoms with Gasteiger partial charge < -0.3 is 14.9 Å². The van der Waals surface area contributed by atoms with E-state index in [2.05, 4.69) is 16.9 Å². The van der Waals surface area contributed by atoms with Crippen LogP contribution in [0.15, 0.2) is 17.2 Å². The summed E-state index contributed by atoms with van der Waals surface area (Å²) in [6, 6.07) is 1.54. The summed E-state index contributed by atoms with van der Waals surface area (Å²) >= 11 is 0. The van der Waals surface area contributed by atoms with Crippen molar-refractivity contribution in [1.82, 2.24) is 14.5 Å². The number of halogens is 1. The van der Waals surface area contributed by atoms with Gasteiger partial charge in [0.1, 0.15) is 12.0 Å². The number of hydrogen-bond acceptors (Lipinski definition) is 5. The minimum Gasteiger partial charge on any atom is -0.387 e. The molecule has 1 unspecified atom stereocenters. The molecule has 1 aromatic heterocycles. The fraction of sp³-hybridized carbons (Fsp3) is 0.800. The first-order valence-corrected chi connectivity index (χ1v) is 10.3. The van der Waals surface area contributed by atoms with Crippen molar-refractivity contribution in [3.8, 4) is 0 Å². The average Bonchev–Trinajstić information content (AvgIpc) is 3.11. The van der Waals surface area contributed by atoms with Gasteiger partial charge in [0, 0.05) is 37.7 Å². The lowest BCUT2D eigenvalue weighted by Crippen LogP contribution is -2.60. The lowest BCUT2D eigenvalue weighted by atomic mass is 9.66. The minimum atomic E-state index is -0.865. The fourth-order valence-corrected chi connectivity index (χ4v) is 5.37. The maximum atomic E-state index is 13.3. The summed E-state index contributed by atoms with van der Waals surface area (Å²) in [5, 5.41) is 11.6. The number of alkyl halides is 1. The highest BCUT2D eigenvalue weighted by molar-refractivity contribution is 5.37. The molecule has 7 heteroatoms. The van der Waals surface area contributed by atoms with Crippen LogP contribution in [0.1, 0.15) is 44.9 Å². The van der Waals surface area contributed by atoms with Crippen LogP contribution < -0.4 is 10.5 Å². The molecule has 6 nitrogen and oxygen atoms in total. The Bertz CT molecular complexity index is 725. The zero-order valence-corrected chi connectivity index (χ0v) is 16.2. The van der Waals surface area contributed by atoms with E-state index < -0.39 is 11.8 Å². The fourth-order valence-electron chi connectivity index (χ4n) is 5.37. The highest BCUT2D eigenvalue weighted by Gasteiger charge is 2.54. The third-order valence-corrected chi connectivity index (χ3v) is 7.07. The quantitative estimate of drug-likeness (QED) is 0.869. The van der Waals surface area contributed by atoms with Crippen LogP contribution in [-0.2, 0) is 6.54 Å². The first-order valence-electron chi connectivity index (χ1n) is 10.3. The van der Waals surface area contributed by atoms with Crippen LogP contribution >= 0.6 is 0 Å². The van der Waals surface area contributed by atoms with Crippen molar-refractivity contribution in [1.29, 1.82) is 0 Å². The van der Waals surface area contributed by atoms with Crippen molar-refractivity contribution >= 4 is 5.82 Å². The highest BCUT2D eigenvalue weighted by Crippen LogP contribution is 2.51. The van der Waals surface area contributed by atoms with Crippen molar-refractivity contribution < 1.29 is 9.50 Å². The Hall–Kier alpha value is -1.47. The summed E-state index contributed by atoms with van der Waals surface area (Å²) in [4.78, 5) is 21.5. The largest absolute Gasteiger partial charge is 0.387 e. The third-order valence-electron chi connectivity index (χ3n) is 7.07. The molecule has 1 atom stereocenters. The highest BCUT2D eigenvalue weighted by atomic mass is 19.1. The van der Waals surface area contributed by atoms with Crippen molar-refractivity contribution in [3.05, 3.63) is 22.7 Å². The number of anilines is 1.